The highest BCUT2D eigenvalue weighted by molar-refractivity contribution is 7.99. The summed E-state index contributed by atoms with van der Waals surface area (Å²) in [7, 11) is 3.45. The molecule has 0 aromatic heterocycles. The number of carbonyl (C=O) groups excluding carboxylic acids is 2. The minimum atomic E-state index is -0.0249. The zero-order valence-corrected chi connectivity index (χ0v) is 15.7. The van der Waals surface area contributed by atoms with Crippen molar-refractivity contribution in [1.29, 1.82) is 0 Å². The normalized spacial score (nSPS) is 10.4. The molecule has 0 atom stereocenters. The molecule has 2 aromatic carbocycles. The van der Waals surface area contributed by atoms with E-state index in [1.807, 2.05) is 18.2 Å². The van der Waals surface area contributed by atoms with Gasteiger partial charge in [-0.25, -0.2) is 0 Å². The highest BCUT2D eigenvalue weighted by Gasteiger charge is 2.07. The molecule has 0 bridgehead atoms. The minimum absolute atomic E-state index is 0.0195. The molecule has 5 heteroatoms. The van der Waals surface area contributed by atoms with E-state index in [1.54, 1.807) is 42.9 Å². The van der Waals surface area contributed by atoms with Crippen LogP contribution in [0.3, 0.4) is 0 Å². The molecule has 2 aromatic rings. The second-order valence-corrected chi connectivity index (χ2v) is 7.14. The van der Waals surface area contributed by atoms with Crippen molar-refractivity contribution in [2.45, 2.75) is 19.2 Å². The summed E-state index contributed by atoms with van der Waals surface area (Å²) in [5.74, 6) is 1.26. The lowest BCUT2D eigenvalue weighted by molar-refractivity contribution is -0.118. The maximum atomic E-state index is 11.9. The molecule has 0 aliphatic heterocycles. The number of aryl methyl sites for hydroxylation is 1. The third-order valence-electron chi connectivity index (χ3n) is 3.68. The van der Waals surface area contributed by atoms with Gasteiger partial charge in [-0.3, -0.25) is 9.59 Å². The van der Waals surface area contributed by atoms with Gasteiger partial charge >= 0.3 is 0 Å². The van der Waals surface area contributed by atoms with E-state index in [-0.39, 0.29) is 11.8 Å². The molecule has 0 unspecified atom stereocenters. The zero-order chi connectivity index (χ0) is 18.2. The Hall–Kier alpha value is -2.27. The number of thioether (sulfide) groups is 1. The number of nitrogens with zero attached hydrogens (tertiary/aromatic N) is 1. The van der Waals surface area contributed by atoms with Crippen molar-refractivity contribution in [3.05, 3.63) is 70.8 Å². The largest absolute Gasteiger partial charge is 0.351 e. The average Bonchev–Trinajstić information content (AvgIpc) is 2.60. The van der Waals surface area contributed by atoms with Crippen molar-refractivity contribution in [1.82, 2.24) is 10.2 Å². The van der Waals surface area contributed by atoms with E-state index in [2.05, 4.69) is 30.4 Å². The molecular formula is C20H24N2O2S. The molecule has 0 saturated heterocycles. The molecule has 4 nitrogen and oxygen atoms in total. The van der Waals surface area contributed by atoms with Gasteiger partial charge in [0.25, 0.3) is 5.91 Å². The van der Waals surface area contributed by atoms with Crippen LogP contribution >= 0.6 is 11.8 Å². The number of hydrogen-bond donors (Lipinski definition) is 1. The molecule has 0 aliphatic carbocycles. The van der Waals surface area contributed by atoms with E-state index < -0.39 is 0 Å². The van der Waals surface area contributed by atoms with E-state index in [4.69, 9.17) is 0 Å². The standard InChI is InChI=1S/C20H24N2O2S/c1-15-5-4-6-17(11-15)13-25-14-19(23)21-12-16-7-9-18(10-8-16)20(24)22(2)3/h4-11H,12-14H2,1-3H3,(H,21,23). The minimum Gasteiger partial charge on any atom is -0.351 e. The lowest BCUT2D eigenvalue weighted by Crippen LogP contribution is -2.25. The molecule has 132 valence electrons. The molecule has 0 radical (unpaired) electrons. The first-order valence-electron chi connectivity index (χ1n) is 8.16. The first-order valence-corrected chi connectivity index (χ1v) is 9.32. The summed E-state index contributed by atoms with van der Waals surface area (Å²) in [6, 6.07) is 15.6. The second-order valence-electron chi connectivity index (χ2n) is 6.16. The third-order valence-corrected chi connectivity index (χ3v) is 4.68. The van der Waals surface area contributed by atoms with Gasteiger partial charge in [-0.1, -0.05) is 42.0 Å². The number of benzene rings is 2. The average molecular weight is 356 g/mol. The number of carbonyl (C=O) groups is 2. The summed E-state index contributed by atoms with van der Waals surface area (Å²) in [5, 5.41) is 2.91. The van der Waals surface area contributed by atoms with Crippen molar-refractivity contribution in [2.75, 3.05) is 19.8 Å². The fraction of sp³-hybridized carbons (Fsp3) is 0.300. The Balaban J connectivity index is 1.73. The van der Waals surface area contributed by atoms with Crippen LogP contribution in [0.4, 0.5) is 0 Å². The first kappa shape index (κ1) is 19.1. The van der Waals surface area contributed by atoms with Crippen LogP contribution in [0.25, 0.3) is 0 Å². The topological polar surface area (TPSA) is 49.4 Å². The molecule has 25 heavy (non-hydrogen) atoms. The molecule has 2 rings (SSSR count). The van der Waals surface area contributed by atoms with E-state index in [1.165, 1.54) is 11.1 Å². The van der Waals surface area contributed by atoms with E-state index in [0.717, 1.165) is 11.3 Å². The van der Waals surface area contributed by atoms with Crippen LogP contribution in [0.1, 0.15) is 27.0 Å². The van der Waals surface area contributed by atoms with Gasteiger partial charge in [0.1, 0.15) is 0 Å². The zero-order valence-electron chi connectivity index (χ0n) is 14.9. The molecule has 0 fully saturated rings. The predicted molar refractivity (Wildman–Crippen MR) is 104 cm³/mol. The van der Waals surface area contributed by atoms with Gasteiger partial charge < -0.3 is 10.2 Å². The molecule has 2 amide bonds. The van der Waals surface area contributed by atoms with E-state index >= 15 is 0 Å². The van der Waals surface area contributed by atoms with Crippen LogP contribution < -0.4 is 5.32 Å². The molecule has 0 saturated carbocycles. The Morgan fingerprint density at radius 3 is 2.40 bits per heavy atom. The Morgan fingerprint density at radius 1 is 1.04 bits per heavy atom. The lowest BCUT2D eigenvalue weighted by atomic mass is 10.1. The lowest BCUT2D eigenvalue weighted by Gasteiger charge is -2.11. The smallest absolute Gasteiger partial charge is 0.253 e. The molecule has 0 aliphatic rings. The summed E-state index contributed by atoms with van der Waals surface area (Å²) in [6.45, 7) is 2.54. The Kier molecular flexibility index (Phi) is 7.07. The van der Waals surface area contributed by atoms with Gasteiger partial charge in [-0.2, -0.15) is 0 Å². The van der Waals surface area contributed by atoms with Gasteiger partial charge in [-0.05, 0) is 30.2 Å². The van der Waals surface area contributed by atoms with Crippen LogP contribution in [-0.2, 0) is 17.1 Å². The molecule has 1 N–H and O–H groups in total. The first-order chi connectivity index (χ1) is 12.0. The molecule has 0 spiro atoms. The van der Waals surface area contributed by atoms with Gasteiger partial charge in [0.2, 0.25) is 5.91 Å². The monoisotopic (exact) mass is 356 g/mol. The summed E-state index contributed by atoms with van der Waals surface area (Å²) in [5.41, 5.74) is 4.10. The van der Waals surface area contributed by atoms with Crippen LogP contribution in [-0.4, -0.2) is 36.6 Å². The van der Waals surface area contributed by atoms with Crippen LogP contribution in [0.5, 0.6) is 0 Å². The number of rotatable bonds is 7. The van der Waals surface area contributed by atoms with E-state index in [9.17, 15) is 9.59 Å². The van der Waals surface area contributed by atoms with E-state index in [0.29, 0.717) is 17.9 Å². The SMILES string of the molecule is Cc1cccc(CSCC(=O)NCc2ccc(C(=O)N(C)C)cc2)c1. The Morgan fingerprint density at radius 2 is 1.76 bits per heavy atom. The quantitative estimate of drug-likeness (QED) is 0.828. The van der Waals surface area contributed by atoms with Crippen molar-refractivity contribution < 1.29 is 9.59 Å². The Bertz CT molecular complexity index is 727. The fourth-order valence-corrected chi connectivity index (χ4v) is 3.14. The van der Waals surface area contributed by atoms with Crippen molar-refractivity contribution in [3.63, 3.8) is 0 Å². The summed E-state index contributed by atoms with van der Waals surface area (Å²) in [4.78, 5) is 25.3. The number of nitrogens with one attached hydrogen (secondary N) is 1. The fourth-order valence-electron chi connectivity index (χ4n) is 2.34. The van der Waals surface area contributed by atoms with Crippen LogP contribution in [0, 0.1) is 6.92 Å². The third kappa shape index (κ3) is 6.27. The molecule has 0 heterocycles. The summed E-state index contributed by atoms with van der Waals surface area (Å²) < 4.78 is 0. The predicted octanol–water partition coefficient (Wildman–Crippen LogP) is 3.25. The number of amides is 2. The highest BCUT2D eigenvalue weighted by Crippen LogP contribution is 2.13. The van der Waals surface area contributed by atoms with Gasteiger partial charge in [-0.15, -0.1) is 11.8 Å². The maximum absolute atomic E-state index is 11.9. The highest BCUT2D eigenvalue weighted by atomic mass is 32.2. The number of hydrogen-bond acceptors (Lipinski definition) is 3. The second kappa shape index (κ2) is 9.28. The van der Waals surface area contributed by atoms with Crippen molar-refractivity contribution in [2.24, 2.45) is 0 Å². The van der Waals surface area contributed by atoms with Gasteiger partial charge in [0.05, 0.1) is 5.75 Å². The van der Waals surface area contributed by atoms with Crippen molar-refractivity contribution >= 4 is 23.6 Å². The van der Waals surface area contributed by atoms with Gasteiger partial charge in [0, 0.05) is 32.0 Å². The summed E-state index contributed by atoms with van der Waals surface area (Å²) in [6.07, 6.45) is 0. The maximum Gasteiger partial charge on any atom is 0.253 e. The van der Waals surface area contributed by atoms with Crippen molar-refractivity contribution in [3.8, 4) is 0 Å². The van der Waals surface area contributed by atoms with Gasteiger partial charge in [0.15, 0.2) is 0 Å². The van der Waals surface area contributed by atoms with Crippen LogP contribution in [0.2, 0.25) is 0 Å². The Labute approximate surface area is 153 Å². The molecular weight excluding hydrogens is 332 g/mol. The van der Waals surface area contributed by atoms with Crippen LogP contribution in [0.15, 0.2) is 48.5 Å². The summed E-state index contributed by atoms with van der Waals surface area (Å²) >= 11 is 1.61.